The van der Waals surface area contributed by atoms with Gasteiger partial charge in [0.2, 0.25) is 5.91 Å². The van der Waals surface area contributed by atoms with E-state index in [2.05, 4.69) is 11.6 Å². The fourth-order valence-corrected chi connectivity index (χ4v) is 7.71. The van der Waals surface area contributed by atoms with Crippen molar-refractivity contribution in [2.45, 2.75) is 56.3 Å². The van der Waals surface area contributed by atoms with Gasteiger partial charge in [-0.15, -0.1) is 11.8 Å². The highest BCUT2D eigenvalue weighted by atomic mass is 32.2. The summed E-state index contributed by atoms with van der Waals surface area (Å²) >= 11 is 1.18. The van der Waals surface area contributed by atoms with Crippen LogP contribution in [0.25, 0.3) is 22.0 Å². The quantitative estimate of drug-likeness (QED) is 0.175. The Hall–Kier alpha value is -4.16. The van der Waals surface area contributed by atoms with Crippen LogP contribution in [-0.2, 0) is 28.9 Å². The maximum absolute atomic E-state index is 15.0. The average Bonchev–Trinajstić information content (AvgIpc) is 3.22. The number of carbonyl (C=O) groups excluding carboxylic acids is 1. The Balaban J connectivity index is 1.54. The molecule has 2 aliphatic heterocycles. The zero-order valence-corrected chi connectivity index (χ0v) is 26.1. The number of aromatic nitrogens is 2. The summed E-state index contributed by atoms with van der Waals surface area (Å²) in [5, 5.41) is 0.173. The number of halogens is 4. The van der Waals surface area contributed by atoms with Crippen molar-refractivity contribution in [1.82, 2.24) is 14.5 Å². The van der Waals surface area contributed by atoms with Gasteiger partial charge >= 0.3 is 11.9 Å². The molecule has 6 rings (SSSR count). The van der Waals surface area contributed by atoms with Gasteiger partial charge in [0.05, 0.1) is 30.3 Å². The Kier molecular flexibility index (Phi) is 8.68. The lowest BCUT2D eigenvalue weighted by Gasteiger charge is -2.44. The first-order valence-corrected chi connectivity index (χ1v) is 15.9. The Morgan fingerprint density at radius 1 is 1.07 bits per heavy atom. The molecule has 0 N–H and O–H groups in total. The van der Waals surface area contributed by atoms with E-state index in [0.29, 0.717) is 5.52 Å². The monoisotopic (exact) mass is 652 g/mol. The van der Waals surface area contributed by atoms with Crippen LogP contribution in [0.5, 0.6) is 0 Å². The van der Waals surface area contributed by atoms with Crippen LogP contribution in [0, 0.1) is 5.82 Å². The van der Waals surface area contributed by atoms with Crippen LogP contribution in [0.15, 0.2) is 83.0 Å². The SMILES string of the molecule is C=CC(=O)N1[C@H](C)CN(c2nc(=O)n3c4c(c(-c5ccc(F)cc5)c(C(F)(F)F)cc24)SC[C@@H](OCc2ccccc2)C3)C[C@@H]1C. The average molecular weight is 653 g/mol. The van der Waals surface area contributed by atoms with Crippen molar-refractivity contribution < 1.29 is 27.1 Å². The largest absolute Gasteiger partial charge is 0.417 e. The molecule has 46 heavy (non-hydrogen) atoms. The number of anilines is 1. The van der Waals surface area contributed by atoms with Gasteiger partial charge in [-0.3, -0.25) is 9.36 Å². The van der Waals surface area contributed by atoms with E-state index in [-0.39, 0.29) is 77.2 Å². The van der Waals surface area contributed by atoms with E-state index in [1.54, 1.807) is 9.80 Å². The van der Waals surface area contributed by atoms with Crippen LogP contribution in [0.2, 0.25) is 0 Å². The van der Waals surface area contributed by atoms with E-state index in [4.69, 9.17) is 4.74 Å². The summed E-state index contributed by atoms with van der Waals surface area (Å²) in [5.74, 6) is -0.430. The first kappa shape index (κ1) is 31.8. The summed E-state index contributed by atoms with van der Waals surface area (Å²) in [6.07, 6.45) is -4.06. The number of ether oxygens (including phenoxy) is 1. The lowest BCUT2D eigenvalue weighted by atomic mass is 9.96. The number of benzene rings is 3. The van der Waals surface area contributed by atoms with Gasteiger partial charge in [-0.2, -0.15) is 18.2 Å². The number of amides is 1. The minimum absolute atomic E-state index is 0.0814. The second-order valence-electron chi connectivity index (χ2n) is 11.6. The van der Waals surface area contributed by atoms with E-state index < -0.39 is 29.4 Å². The standard InChI is InChI=1S/C34H32F4N4O3S/c1-4-28(43)42-20(2)15-40(16-21(42)3)32-26-14-27(34(36,37)38)29(23-10-12-24(35)13-11-23)31-30(26)41(33(44)39-32)17-25(19-46-31)45-18-22-8-6-5-7-9-22/h4-14,20-21,25H,1,15-19H2,2-3H3/t20-,21+,25-/m0/s1. The van der Waals surface area contributed by atoms with Gasteiger partial charge in [0.25, 0.3) is 0 Å². The predicted octanol–water partition coefficient (Wildman–Crippen LogP) is 6.52. The fraction of sp³-hybridized carbons (Fsp3) is 0.324. The second-order valence-corrected chi connectivity index (χ2v) is 12.7. The molecular weight excluding hydrogens is 620 g/mol. The predicted molar refractivity (Wildman–Crippen MR) is 170 cm³/mol. The third-order valence-electron chi connectivity index (χ3n) is 8.41. The first-order chi connectivity index (χ1) is 22.0. The van der Waals surface area contributed by atoms with Crippen molar-refractivity contribution >= 4 is 34.4 Å². The number of carbonyl (C=O) groups is 1. The van der Waals surface area contributed by atoms with Gasteiger partial charge in [-0.05, 0) is 49.2 Å². The highest BCUT2D eigenvalue weighted by Gasteiger charge is 2.39. The van der Waals surface area contributed by atoms with E-state index in [1.165, 1.54) is 34.5 Å². The fourth-order valence-electron chi connectivity index (χ4n) is 6.43. The Morgan fingerprint density at radius 2 is 1.74 bits per heavy atom. The summed E-state index contributed by atoms with van der Waals surface area (Å²) in [6, 6.07) is 14.8. The third-order valence-corrected chi connectivity index (χ3v) is 9.64. The summed E-state index contributed by atoms with van der Waals surface area (Å²) < 4.78 is 66.4. The summed E-state index contributed by atoms with van der Waals surface area (Å²) in [4.78, 5) is 34.5. The smallest absolute Gasteiger partial charge is 0.371 e. The topological polar surface area (TPSA) is 67.7 Å². The van der Waals surface area contributed by atoms with Gasteiger partial charge < -0.3 is 14.5 Å². The molecule has 1 amide bonds. The molecule has 0 radical (unpaired) electrons. The maximum atomic E-state index is 15.0. The van der Waals surface area contributed by atoms with Crippen molar-refractivity contribution in [3.63, 3.8) is 0 Å². The molecule has 3 atom stereocenters. The van der Waals surface area contributed by atoms with Crippen molar-refractivity contribution in [3.05, 3.63) is 101 Å². The molecule has 0 unspecified atom stereocenters. The number of nitrogens with zero attached hydrogens (tertiary/aromatic N) is 4. The normalized spacial score (nSPS) is 20.1. The van der Waals surface area contributed by atoms with Gasteiger partial charge in [-0.25, -0.2) is 9.18 Å². The number of piperazine rings is 1. The molecule has 12 heteroatoms. The van der Waals surface area contributed by atoms with E-state index in [1.807, 2.05) is 44.2 Å². The molecule has 3 aromatic carbocycles. The molecule has 0 spiro atoms. The molecule has 4 aromatic rings. The molecule has 240 valence electrons. The lowest BCUT2D eigenvalue weighted by Crippen LogP contribution is -2.58. The Morgan fingerprint density at radius 3 is 2.37 bits per heavy atom. The van der Waals surface area contributed by atoms with Crippen LogP contribution in [0.3, 0.4) is 0 Å². The van der Waals surface area contributed by atoms with Crippen LogP contribution >= 0.6 is 11.8 Å². The van der Waals surface area contributed by atoms with Gasteiger partial charge in [-0.1, -0.05) is 49.0 Å². The maximum Gasteiger partial charge on any atom is 0.417 e. The number of alkyl halides is 3. The Bertz CT molecular complexity index is 1830. The van der Waals surface area contributed by atoms with Gasteiger partial charge in [0.1, 0.15) is 11.6 Å². The number of rotatable bonds is 6. The molecule has 1 saturated heterocycles. The van der Waals surface area contributed by atoms with Crippen LogP contribution in [0.1, 0.15) is 25.0 Å². The van der Waals surface area contributed by atoms with Crippen molar-refractivity contribution in [2.24, 2.45) is 0 Å². The molecular formula is C34H32F4N4O3S. The highest BCUT2D eigenvalue weighted by Crippen LogP contribution is 2.48. The molecule has 0 saturated carbocycles. The van der Waals surface area contributed by atoms with Gasteiger partial charge in [0, 0.05) is 46.8 Å². The third kappa shape index (κ3) is 6.03. The van der Waals surface area contributed by atoms with Crippen molar-refractivity contribution in [1.29, 1.82) is 0 Å². The summed E-state index contributed by atoms with van der Waals surface area (Å²) in [7, 11) is 0. The van der Waals surface area contributed by atoms with Crippen LogP contribution in [-0.4, -0.2) is 57.4 Å². The minimum Gasteiger partial charge on any atom is -0.371 e. The summed E-state index contributed by atoms with van der Waals surface area (Å²) in [6.45, 7) is 8.10. The Labute approximate surface area is 267 Å². The molecule has 1 aromatic heterocycles. The van der Waals surface area contributed by atoms with E-state index in [0.717, 1.165) is 23.8 Å². The van der Waals surface area contributed by atoms with Crippen molar-refractivity contribution in [2.75, 3.05) is 23.7 Å². The highest BCUT2D eigenvalue weighted by molar-refractivity contribution is 7.99. The molecule has 0 aliphatic carbocycles. The van der Waals surface area contributed by atoms with Crippen LogP contribution < -0.4 is 10.6 Å². The molecule has 7 nitrogen and oxygen atoms in total. The van der Waals surface area contributed by atoms with Crippen LogP contribution in [0.4, 0.5) is 23.4 Å². The number of hydrogen-bond acceptors (Lipinski definition) is 6. The van der Waals surface area contributed by atoms with E-state index in [9.17, 15) is 27.2 Å². The summed E-state index contributed by atoms with van der Waals surface area (Å²) in [5.41, 5.74) is -0.228. The molecule has 1 fully saturated rings. The number of hydrogen-bond donors (Lipinski definition) is 0. The zero-order chi connectivity index (χ0) is 32.7. The lowest BCUT2D eigenvalue weighted by molar-refractivity contribution is -0.137. The second kappa shape index (κ2) is 12.6. The first-order valence-electron chi connectivity index (χ1n) is 14.9. The van der Waals surface area contributed by atoms with Crippen molar-refractivity contribution in [3.8, 4) is 11.1 Å². The van der Waals surface area contributed by atoms with Gasteiger partial charge in [0.15, 0.2) is 0 Å². The number of thioether (sulfide) groups is 1. The zero-order valence-electron chi connectivity index (χ0n) is 25.3. The molecule has 0 bridgehead atoms. The minimum atomic E-state index is -4.78. The molecule has 3 heterocycles. The molecule has 2 aliphatic rings. The van der Waals surface area contributed by atoms with E-state index >= 15 is 0 Å².